The Morgan fingerprint density at radius 3 is 2.16 bits per heavy atom. The summed E-state index contributed by atoms with van der Waals surface area (Å²) in [6.07, 6.45) is 1.32. The van der Waals surface area contributed by atoms with E-state index in [1.54, 1.807) is 41.0 Å². The Kier molecular flexibility index (Phi) is 5.71. The van der Waals surface area contributed by atoms with Crippen LogP contribution in [-0.4, -0.2) is 27.2 Å². The highest BCUT2D eigenvalue weighted by Crippen LogP contribution is 2.32. The summed E-state index contributed by atoms with van der Waals surface area (Å²) in [4.78, 5) is 13.0. The highest BCUT2D eigenvalue weighted by atomic mass is 32.2. The molecule has 0 saturated carbocycles. The topological polar surface area (TPSA) is 74.6 Å². The van der Waals surface area contributed by atoms with Gasteiger partial charge in [-0.05, 0) is 35.9 Å². The standard InChI is InChI=1S/C24H20FNO5S/c1-30-21-12-19-20(13-22(21)31-2)26(14-16-8-10-17(25)11-9-16)15-23(24(19)27)32(28,29)18-6-4-3-5-7-18/h3-13,15H,14H2,1-2H3. The van der Waals surface area contributed by atoms with Gasteiger partial charge in [-0.3, -0.25) is 4.79 Å². The zero-order chi connectivity index (χ0) is 22.9. The Balaban J connectivity index is 2.02. The molecule has 0 saturated heterocycles. The molecule has 6 nitrogen and oxygen atoms in total. The van der Waals surface area contributed by atoms with E-state index in [0.29, 0.717) is 17.0 Å². The van der Waals surface area contributed by atoms with Gasteiger partial charge in [0.25, 0.3) is 0 Å². The van der Waals surface area contributed by atoms with E-state index < -0.39 is 15.3 Å². The van der Waals surface area contributed by atoms with Crippen molar-refractivity contribution in [2.75, 3.05) is 14.2 Å². The zero-order valence-electron chi connectivity index (χ0n) is 17.4. The molecule has 0 unspecified atom stereocenters. The van der Waals surface area contributed by atoms with Crippen LogP contribution in [0.1, 0.15) is 5.56 Å². The monoisotopic (exact) mass is 453 g/mol. The quantitative estimate of drug-likeness (QED) is 0.441. The minimum atomic E-state index is -4.08. The van der Waals surface area contributed by atoms with E-state index in [1.165, 1.54) is 50.7 Å². The second-order valence-electron chi connectivity index (χ2n) is 7.12. The van der Waals surface area contributed by atoms with Crippen LogP contribution < -0.4 is 14.9 Å². The molecule has 0 aliphatic rings. The van der Waals surface area contributed by atoms with Crippen molar-refractivity contribution in [3.05, 3.63) is 94.5 Å². The van der Waals surface area contributed by atoms with E-state index in [-0.39, 0.29) is 27.5 Å². The lowest BCUT2D eigenvalue weighted by Crippen LogP contribution is -2.20. The van der Waals surface area contributed by atoms with Gasteiger partial charge < -0.3 is 14.0 Å². The van der Waals surface area contributed by atoms with E-state index in [0.717, 1.165) is 5.56 Å². The number of methoxy groups -OCH3 is 2. The van der Waals surface area contributed by atoms with Crippen LogP contribution in [0.3, 0.4) is 0 Å². The molecule has 164 valence electrons. The summed E-state index contributed by atoms with van der Waals surface area (Å²) in [6.45, 7) is 0.212. The fourth-order valence-electron chi connectivity index (χ4n) is 3.53. The molecule has 0 spiro atoms. The largest absolute Gasteiger partial charge is 0.493 e. The SMILES string of the molecule is COc1cc2c(=O)c(S(=O)(=O)c3ccccc3)cn(Cc3ccc(F)cc3)c2cc1OC. The number of pyridine rings is 1. The maximum atomic E-state index is 13.4. The van der Waals surface area contributed by atoms with Crippen molar-refractivity contribution in [2.45, 2.75) is 16.3 Å². The van der Waals surface area contributed by atoms with Crippen molar-refractivity contribution in [2.24, 2.45) is 0 Å². The maximum Gasteiger partial charge on any atom is 0.211 e. The van der Waals surface area contributed by atoms with Gasteiger partial charge in [0.05, 0.1) is 30.0 Å². The summed E-state index contributed by atoms with van der Waals surface area (Å²) in [5.41, 5.74) is 0.554. The molecule has 8 heteroatoms. The molecule has 0 atom stereocenters. The number of fused-ring (bicyclic) bond motifs is 1. The summed E-state index contributed by atoms with van der Waals surface area (Å²) in [5.74, 6) is 0.322. The molecule has 0 amide bonds. The minimum Gasteiger partial charge on any atom is -0.493 e. The Labute approximate surface area is 184 Å². The molecule has 0 N–H and O–H groups in total. The molecule has 0 radical (unpaired) electrons. The summed E-state index contributed by atoms with van der Waals surface area (Å²) in [5, 5.41) is 0.168. The molecular formula is C24H20FNO5S. The average Bonchev–Trinajstić information content (AvgIpc) is 2.81. The van der Waals surface area contributed by atoms with Gasteiger partial charge in [0, 0.05) is 18.8 Å². The van der Waals surface area contributed by atoms with E-state index in [2.05, 4.69) is 0 Å². The van der Waals surface area contributed by atoms with Crippen molar-refractivity contribution in [1.29, 1.82) is 0 Å². The first kappa shape index (κ1) is 21.6. The number of nitrogens with zero attached hydrogens (tertiary/aromatic N) is 1. The number of rotatable bonds is 6. The van der Waals surface area contributed by atoms with Gasteiger partial charge in [-0.2, -0.15) is 0 Å². The predicted octanol–water partition coefficient (Wildman–Crippen LogP) is 4.04. The second kappa shape index (κ2) is 8.47. The Bertz CT molecular complexity index is 1450. The van der Waals surface area contributed by atoms with Crippen LogP contribution in [0.5, 0.6) is 11.5 Å². The normalized spacial score (nSPS) is 11.5. The van der Waals surface area contributed by atoms with Gasteiger partial charge in [-0.1, -0.05) is 30.3 Å². The van der Waals surface area contributed by atoms with E-state index >= 15 is 0 Å². The molecule has 0 bridgehead atoms. The number of hydrogen-bond acceptors (Lipinski definition) is 5. The third-order valence-electron chi connectivity index (χ3n) is 5.16. The lowest BCUT2D eigenvalue weighted by Gasteiger charge is -2.16. The van der Waals surface area contributed by atoms with Crippen LogP contribution in [0.15, 0.2) is 87.5 Å². The van der Waals surface area contributed by atoms with Crippen molar-refractivity contribution < 1.29 is 22.3 Å². The van der Waals surface area contributed by atoms with Crippen molar-refractivity contribution in [3.8, 4) is 11.5 Å². The third-order valence-corrected chi connectivity index (χ3v) is 6.92. The van der Waals surface area contributed by atoms with Gasteiger partial charge in [0.1, 0.15) is 10.7 Å². The van der Waals surface area contributed by atoms with Crippen LogP contribution in [-0.2, 0) is 16.4 Å². The molecule has 0 fully saturated rings. The highest BCUT2D eigenvalue weighted by Gasteiger charge is 2.24. The van der Waals surface area contributed by atoms with Crippen LogP contribution >= 0.6 is 0 Å². The van der Waals surface area contributed by atoms with Crippen LogP contribution in [0.2, 0.25) is 0 Å². The number of halogens is 1. The Morgan fingerprint density at radius 1 is 0.906 bits per heavy atom. The van der Waals surface area contributed by atoms with Crippen molar-refractivity contribution >= 4 is 20.7 Å². The first-order valence-electron chi connectivity index (χ1n) is 9.69. The fraction of sp³-hybridized carbons (Fsp3) is 0.125. The fourth-order valence-corrected chi connectivity index (χ4v) is 4.91. The minimum absolute atomic E-state index is 0.0188. The molecule has 4 rings (SSSR count). The first-order chi connectivity index (χ1) is 15.3. The molecule has 4 aromatic rings. The predicted molar refractivity (Wildman–Crippen MR) is 119 cm³/mol. The molecule has 32 heavy (non-hydrogen) atoms. The zero-order valence-corrected chi connectivity index (χ0v) is 18.2. The van der Waals surface area contributed by atoms with Gasteiger partial charge in [0.2, 0.25) is 15.3 Å². The molecular weight excluding hydrogens is 433 g/mol. The smallest absolute Gasteiger partial charge is 0.211 e. The summed E-state index contributed by atoms with van der Waals surface area (Å²) in [7, 11) is -1.17. The van der Waals surface area contributed by atoms with Crippen molar-refractivity contribution in [3.63, 3.8) is 0 Å². The number of sulfone groups is 1. The lowest BCUT2D eigenvalue weighted by molar-refractivity contribution is 0.355. The van der Waals surface area contributed by atoms with Crippen LogP contribution in [0.25, 0.3) is 10.9 Å². The van der Waals surface area contributed by atoms with Gasteiger partial charge in [-0.25, -0.2) is 12.8 Å². The van der Waals surface area contributed by atoms with Crippen LogP contribution in [0, 0.1) is 5.82 Å². The summed E-state index contributed by atoms with van der Waals surface area (Å²) >= 11 is 0. The van der Waals surface area contributed by atoms with E-state index in [9.17, 15) is 17.6 Å². The third kappa shape index (κ3) is 3.85. The molecule has 0 aliphatic carbocycles. The number of ether oxygens (including phenoxy) is 2. The summed E-state index contributed by atoms with van der Waals surface area (Å²) < 4.78 is 52.3. The molecule has 0 aliphatic heterocycles. The summed E-state index contributed by atoms with van der Waals surface area (Å²) in [6, 6.07) is 16.7. The lowest BCUT2D eigenvalue weighted by atomic mass is 10.1. The van der Waals surface area contributed by atoms with Gasteiger partial charge >= 0.3 is 0 Å². The number of aromatic nitrogens is 1. The highest BCUT2D eigenvalue weighted by molar-refractivity contribution is 7.91. The van der Waals surface area contributed by atoms with E-state index in [1.807, 2.05) is 0 Å². The first-order valence-corrected chi connectivity index (χ1v) is 11.2. The van der Waals surface area contributed by atoms with E-state index in [4.69, 9.17) is 9.47 Å². The number of hydrogen-bond donors (Lipinski definition) is 0. The van der Waals surface area contributed by atoms with Crippen LogP contribution in [0.4, 0.5) is 4.39 Å². The average molecular weight is 453 g/mol. The Hall–Kier alpha value is -3.65. The Morgan fingerprint density at radius 2 is 1.53 bits per heavy atom. The van der Waals surface area contributed by atoms with Gasteiger partial charge in [0.15, 0.2) is 11.5 Å². The second-order valence-corrected chi connectivity index (χ2v) is 9.04. The molecule has 1 heterocycles. The van der Waals surface area contributed by atoms with Gasteiger partial charge in [-0.15, -0.1) is 0 Å². The maximum absolute atomic E-state index is 13.4. The number of benzene rings is 3. The molecule has 1 aromatic heterocycles. The van der Waals surface area contributed by atoms with Crippen molar-refractivity contribution in [1.82, 2.24) is 4.57 Å². The molecule has 3 aromatic carbocycles.